The molecule has 5 rings (SSSR count). The first-order chi connectivity index (χ1) is 20.8. The number of fused-ring (bicyclic) bond motifs is 2. The molecule has 3 aromatic rings. The number of piperazine rings is 1. The van der Waals surface area contributed by atoms with Crippen LogP contribution in [0, 0.1) is 0 Å². The minimum Gasteiger partial charge on any atom is -0.493 e. The number of nitrogens with one attached hydrogen (secondary N) is 1. The van der Waals surface area contributed by atoms with Crippen LogP contribution >= 0.6 is 0 Å². The number of hydrogen-bond acceptors (Lipinski definition) is 4. The lowest BCUT2D eigenvalue weighted by molar-refractivity contribution is -0.132. The number of nitrogens with zero attached hydrogens (tertiary/aromatic N) is 2. The van der Waals surface area contributed by atoms with Gasteiger partial charge in [-0.2, -0.15) is 0 Å². The van der Waals surface area contributed by atoms with Crippen molar-refractivity contribution in [2.75, 3.05) is 33.3 Å². The van der Waals surface area contributed by atoms with Gasteiger partial charge in [0.05, 0.1) is 12.6 Å². The molecule has 0 aromatic heterocycles. The molecule has 1 fully saturated rings. The lowest BCUT2D eigenvalue weighted by Crippen LogP contribution is -2.61. The van der Waals surface area contributed by atoms with Crippen molar-refractivity contribution in [3.8, 4) is 5.75 Å². The average Bonchev–Trinajstić information content (AvgIpc) is 3.02. The van der Waals surface area contributed by atoms with Gasteiger partial charge in [0, 0.05) is 45.2 Å². The van der Waals surface area contributed by atoms with Gasteiger partial charge in [0.25, 0.3) is 5.91 Å². The molecule has 3 aromatic carbocycles. The highest BCUT2D eigenvalue weighted by Gasteiger charge is 2.39. The molecular weight excluding hydrogens is 534 g/mol. The van der Waals surface area contributed by atoms with Crippen molar-refractivity contribution in [3.05, 3.63) is 107 Å². The molecule has 2 bridgehead atoms. The van der Waals surface area contributed by atoms with Crippen molar-refractivity contribution in [2.24, 2.45) is 0 Å². The Bertz CT molecular complexity index is 1430. The van der Waals surface area contributed by atoms with Gasteiger partial charge in [0.1, 0.15) is 5.75 Å². The van der Waals surface area contributed by atoms with E-state index in [2.05, 4.69) is 73.8 Å². The monoisotopic (exact) mass is 579 g/mol. The summed E-state index contributed by atoms with van der Waals surface area (Å²) >= 11 is 0. The van der Waals surface area contributed by atoms with E-state index >= 15 is 0 Å². The summed E-state index contributed by atoms with van der Waals surface area (Å²) in [5.74, 6) is 1.50. The van der Waals surface area contributed by atoms with Gasteiger partial charge in [-0.1, -0.05) is 86.6 Å². The molecule has 43 heavy (non-hydrogen) atoms. The van der Waals surface area contributed by atoms with Gasteiger partial charge in [0.2, 0.25) is 5.91 Å². The standard InChI is InChI=1S/C37H45N3O3/c1-26(2)32-14-8-9-15-35(32)43-22-10-13-29-16-18-30(19-17-29)33-23-31-24-40(27(3)41)25-34(38-31)36(33)37(42)39(4)21-20-28-11-6-5-7-12-28/h5-9,11-12,14-19,26,31,34,38H,10,13,20-25H2,1-4H3/t31?,34-/m1/s1. The van der Waals surface area contributed by atoms with E-state index in [-0.39, 0.29) is 23.9 Å². The Labute approximate surface area is 256 Å². The molecule has 1 N–H and O–H groups in total. The van der Waals surface area contributed by atoms with Gasteiger partial charge in [-0.15, -0.1) is 0 Å². The van der Waals surface area contributed by atoms with Crippen molar-refractivity contribution < 1.29 is 14.3 Å². The van der Waals surface area contributed by atoms with E-state index in [1.54, 1.807) is 6.92 Å². The van der Waals surface area contributed by atoms with E-state index in [1.807, 2.05) is 41.1 Å². The number of carbonyl (C=O) groups excluding carboxylic acids is 2. The number of benzene rings is 3. The normalized spacial score (nSPS) is 18.1. The van der Waals surface area contributed by atoms with Gasteiger partial charge in [-0.3, -0.25) is 9.59 Å². The summed E-state index contributed by atoms with van der Waals surface area (Å²) in [5, 5.41) is 3.65. The second-order valence-electron chi connectivity index (χ2n) is 12.2. The van der Waals surface area contributed by atoms with Gasteiger partial charge in [-0.25, -0.2) is 0 Å². The largest absolute Gasteiger partial charge is 0.493 e. The van der Waals surface area contributed by atoms with Crippen molar-refractivity contribution in [1.29, 1.82) is 0 Å². The molecular formula is C37H45N3O3. The maximum absolute atomic E-state index is 14.0. The highest BCUT2D eigenvalue weighted by Crippen LogP contribution is 2.34. The van der Waals surface area contributed by atoms with Crippen LogP contribution in [0.25, 0.3) is 5.57 Å². The Morgan fingerprint density at radius 1 is 0.930 bits per heavy atom. The molecule has 226 valence electrons. The molecule has 2 heterocycles. The zero-order chi connectivity index (χ0) is 30.3. The topological polar surface area (TPSA) is 61.9 Å². The fourth-order valence-corrected chi connectivity index (χ4v) is 6.29. The Hall–Kier alpha value is -3.90. The van der Waals surface area contributed by atoms with Crippen molar-refractivity contribution in [3.63, 3.8) is 0 Å². The predicted molar refractivity (Wildman–Crippen MR) is 173 cm³/mol. The molecule has 1 saturated heterocycles. The SMILES string of the molecule is CC(=O)N1CC2CC(c3ccc(CCCOc4ccccc4C(C)C)cc3)=C(C(=O)N(C)CCc3ccccc3)[C@@H](C1)N2. The molecule has 0 saturated carbocycles. The minimum atomic E-state index is -0.177. The predicted octanol–water partition coefficient (Wildman–Crippen LogP) is 5.87. The maximum atomic E-state index is 14.0. The molecule has 6 nitrogen and oxygen atoms in total. The Balaban J connectivity index is 1.30. The van der Waals surface area contributed by atoms with Crippen LogP contribution in [0.2, 0.25) is 0 Å². The number of carbonyl (C=O) groups is 2. The van der Waals surface area contributed by atoms with Crippen LogP contribution in [0.4, 0.5) is 0 Å². The Kier molecular flexibility index (Phi) is 9.98. The van der Waals surface area contributed by atoms with Crippen LogP contribution in [0.1, 0.15) is 61.8 Å². The summed E-state index contributed by atoms with van der Waals surface area (Å²) in [7, 11) is 1.89. The van der Waals surface area contributed by atoms with Crippen LogP contribution < -0.4 is 10.1 Å². The number of ether oxygens (including phenoxy) is 1. The molecule has 1 unspecified atom stereocenters. The van der Waals surface area contributed by atoms with Crippen LogP contribution in [-0.4, -0.2) is 67.0 Å². The third-order valence-corrected chi connectivity index (χ3v) is 8.72. The van der Waals surface area contributed by atoms with E-state index in [1.165, 1.54) is 16.7 Å². The number of hydrogen-bond donors (Lipinski definition) is 1. The third kappa shape index (κ3) is 7.55. The molecule has 2 atom stereocenters. The van der Waals surface area contributed by atoms with Gasteiger partial charge >= 0.3 is 0 Å². The third-order valence-electron chi connectivity index (χ3n) is 8.72. The first-order valence-corrected chi connectivity index (χ1v) is 15.6. The number of para-hydroxylation sites is 1. The molecule has 2 aliphatic rings. The van der Waals surface area contributed by atoms with Crippen LogP contribution in [0.15, 0.2) is 84.4 Å². The van der Waals surface area contributed by atoms with E-state index in [0.29, 0.717) is 32.2 Å². The summed E-state index contributed by atoms with van der Waals surface area (Å²) in [6, 6.07) is 27.2. The Morgan fingerprint density at radius 2 is 1.63 bits per heavy atom. The van der Waals surface area contributed by atoms with E-state index < -0.39 is 0 Å². The van der Waals surface area contributed by atoms with Gasteiger partial charge in [0.15, 0.2) is 0 Å². The fourth-order valence-electron chi connectivity index (χ4n) is 6.29. The van der Waals surface area contributed by atoms with E-state index in [4.69, 9.17) is 4.74 Å². The number of rotatable bonds is 11. The maximum Gasteiger partial charge on any atom is 0.251 e. The average molecular weight is 580 g/mol. The van der Waals surface area contributed by atoms with Gasteiger partial charge in [-0.05, 0) is 65.5 Å². The van der Waals surface area contributed by atoms with E-state index in [0.717, 1.165) is 48.1 Å². The van der Waals surface area contributed by atoms with Gasteiger partial charge < -0.3 is 19.9 Å². The quantitative estimate of drug-likeness (QED) is 0.289. The zero-order valence-electron chi connectivity index (χ0n) is 26.0. The molecule has 0 spiro atoms. The second kappa shape index (κ2) is 14.0. The molecule has 2 aliphatic heterocycles. The highest BCUT2D eigenvalue weighted by molar-refractivity contribution is 6.03. The molecule has 0 aliphatic carbocycles. The zero-order valence-corrected chi connectivity index (χ0v) is 26.0. The lowest BCUT2D eigenvalue weighted by Gasteiger charge is -2.44. The van der Waals surface area contributed by atoms with E-state index in [9.17, 15) is 9.59 Å². The minimum absolute atomic E-state index is 0.0372. The lowest BCUT2D eigenvalue weighted by atomic mass is 9.82. The number of aryl methyl sites for hydroxylation is 1. The van der Waals surface area contributed by atoms with Crippen LogP contribution in [0.3, 0.4) is 0 Å². The molecule has 2 amide bonds. The van der Waals surface area contributed by atoms with Crippen LogP contribution in [0.5, 0.6) is 5.75 Å². The summed E-state index contributed by atoms with van der Waals surface area (Å²) in [6.07, 6.45) is 3.38. The van der Waals surface area contributed by atoms with Crippen molar-refractivity contribution >= 4 is 17.4 Å². The van der Waals surface area contributed by atoms with Crippen molar-refractivity contribution in [2.45, 2.75) is 64.5 Å². The summed E-state index contributed by atoms with van der Waals surface area (Å²) in [6.45, 7) is 8.48. The first kappa shape index (κ1) is 30.6. The fraction of sp³-hybridized carbons (Fsp3) is 0.405. The molecule has 0 radical (unpaired) electrons. The number of likely N-dealkylation sites (N-methyl/N-ethyl adjacent to an activating group) is 1. The highest BCUT2D eigenvalue weighted by atomic mass is 16.5. The molecule has 6 heteroatoms. The van der Waals surface area contributed by atoms with Crippen LogP contribution in [-0.2, 0) is 22.4 Å². The smallest absolute Gasteiger partial charge is 0.251 e. The summed E-state index contributed by atoms with van der Waals surface area (Å²) in [5.41, 5.74) is 6.71. The summed E-state index contributed by atoms with van der Waals surface area (Å²) in [4.78, 5) is 30.0. The van der Waals surface area contributed by atoms with Crippen molar-refractivity contribution in [1.82, 2.24) is 15.1 Å². The number of amides is 2. The Morgan fingerprint density at radius 3 is 2.35 bits per heavy atom. The first-order valence-electron chi connectivity index (χ1n) is 15.6. The second-order valence-corrected chi connectivity index (χ2v) is 12.2. The summed E-state index contributed by atoms with van der Waals surface area (Å²) < 4.78 is 6.13.